The maximum atomic E-state index is 14.1. The van der Waals surface area contributed by atoms with E-state index in [0.29, 0.717) is 25.7 Å². The first-order valence-corrected chi connectivity index (χ1v) is 13.8. The largest absolute Gasteiger partial charge is 0.478 e. The summed E-state index contributed by atoms with van der Waals surface area (Å²) in [7, 11) is 0. The van der Waals surface area contributed by atoms with E-state index >= 15 is 0 Å². The Morgan fingerprint density at radius 2 is 1.71 bits per heavy atom. The Labute approximate surface area is 224 Å². The second kappa shape index (κ2) is 9.20. The molecule has 38 heavy (non-hydrogen) atoms. The number of hydrogen-bond donors (Lipinski definition) is 4. The third-order valence-electron chi connectivity index (χ3n) is 11.6. The molecule has 0 radical (unpaired) electrons. The van der Waals surface area contributed by atoms with E-state index in [-0.39, 0.29) is 59.6 Å². The molecule has 0 aromatic rings. The van der Waals surface area contributed by atoms with Gasteiger partial charge in [-0.05, 0) is 57.3 Å². The highest BCUT2D eigenvalue weighted by molar-refractivity contribution is 6.17. The van der Waals surface area contributed by atoms with Crippen LogP contribution in [0.4, 0.5) is 0 Å². The standard InChI is InChI=1S/C30H42O8/c1-15(8-7-9-16(2)26(37)38)17-12-21(34)30(6)22-18(32)13-19-27(3,11-10-20(33)28(19,4)14-31)23(22)24(35)25(36)29(17,30)5/h9,15,17,19-20,25,31,33,36H,7-8,10-14H2,1-6H3,(H,37,38)/t15-,17-,19-,20-,25-,27+,28-,29+,30+/m1/s1. The molecule has 2 saturated carbocycles. The number of rotatable bonds is 6. The van der Waals surface area contributed by atoms with E-state index in [1.807, 2.05) is 13.8 Å². The van der Waals surface area contributed by atoms with Crippen LogP contribution in [0.2, 0.25) is 0 Å². The minimum atomic E-state index is -1.49. The van der Waals surface area contributed by atoms with Crippen molar-refractivity contribution in [2.24, 2.45) is 39.4 Å². The van der Waals surface area contributed by atoms with Gasteiger partial charge < -0.3 is 20.4 Å². The molecule has 0 heterocycles. The highest BCUT2D eigenvalue weighted by Crippen LogP contribution is 2.70. The van der Waals surface area contributed by atoms with Crippen LogP contribution in [0.1, 0.15) is 80.1 Å². The quantitative estimate of drug-likeness (QED) is 0.383. The van der Waals surface area contributed by atoms with Gasteiger partial charge >= 0.3 is 5.97 Å². The number of aliphatic hydroxyl groups excluding tert-OH is 3. The molecule has 0 aromatic heterocycles. The number of fused-ring (bicyclic) bond motifs is 4. The summed E-state index contributed by atoms with van der Waals surface area (Å²) in [6.45, 7) is 10.2. The Hall–Kier alpha value is -2.16. The Morgan fingerprint density at radius 1 is 1.08 bits per heavy atom. The van der Waals surface area contributed by atoms with Crippen LogP contribution in [-0.2, 0) is 19.2 Å². The van der Waals surface area contributed by atoms with Gasteiger partial charge in [-0.25, -0.2) is 4.79 Å². The van der Waals surface area contributed by atoms with E-state index in [1.54, 1.807) is 26.8 Å². The molecule has 4 aliphatic carbocycles. The maximum absolute atomic E-state index is 14.1. The van der Waals surface area contributed by atoms with Gasteiger partial charge in [0.05, 0.1) is 18.1 Å². The number of carboxylic acid groups (broad SMARTS) is 1. The molecule has 0 saturated heterocycles. The number of ketones is 3. The molecule has 0 spiro atoms. The SMILES string of the molecule is CC(=CCC[C@@H](C)[C@H]1CC(=O)[C@@]2(C)C3=C(C(=O)[C@@H](O)[C@]12C)[C@@]1(C)CC[C@@H](O)[C@](C)(CO)[C@@H]1CC3=O)C(=O)O. The zero-order valence-electron chi connectivity index (χ0n) is 23.3. The second-order valence-electron chi connectivity index (χ2n) is 13.2. The summed E-state index contributed by atoms with van der Waals surface area (Å²) in [6, 6.07) is 0. The molecule has 2 fully saturated rings. The molecule has 0 aliphatic heterocycles. The fraction of sp³-hybridized carbons (Fsp3) is 0.733. The van der Waals surface area contributed by atoms with E-state index in [9.17, 15) is 34.5 Å². The zero-order chi connectivity index (χ0) is 28.6. The molecule has 8 nitrogen and oxygen atoms in total. The van der Waals surface area contributed by atoms with E-state index in [1.165, 1.54) is 6.92 Å². The summed E-state index contributed by atoms with van der Waals surface area (Å²) in [6.07, 6.45) is 1.26. The van der Waals surface area contributed by atoms with Crippen molar-refractivity contribution >= 4 is 23.3 Å². The van der Waals surface area contributed by atoms with Crippen LogP contribution >= 0.6 is 0 Å². The maximum Gasteiger partial charge on any atom is 0.330 e. The van der Waals surface area contributed by atoms with Gasteiger partial charge in [0.15, 0.2) is 11.6 Å². The number of carboxylic acids is 1. The fourth-order valence-corrected chi connectivity index (χ4v) is 8.74. The van der Waals surface area contributed by atoms with Crippen LogP contribution in [0.3, 0.4) is 0 Å². The second-order valence-corrected chi connectivity index (χ2v) is 13.2. The van der Waals surface area contributed by atoms with E-state index in [2.05, 4.69) is 0 Å². The normalized spacial score (nSPS) is 44.0. The van der Waals surface area contributed by atoms with Gasteiger partial charge in [-0.15, -0.1) is 0 Å². The smallest absolute Gasteiger partial charge is 0.330 e. The molecule has 4 aliphatic rings. The number of carbonyl (C=O) groups is 4. The van der Waals surface area contributed by atoms with Crippen molar-refractivity contribution in [3.05, 3.63) is 22.8 Å². The molecule has 0 aromatic carbocycles. The number of allylic oxidation sites excluding steroid dienone is 2. The summed E-state index contributed by atoms with van der Waals surface area (Å²) in [5, 5.41) is 41.9. The molecule has 210 valence electrons. The fourth-order valence-electron chi connectivity index (χ4n) is 8.74. The zero-order valence-corrected chi connectivity index (χ0v) is 23.3. The number of Topliss-reactive ketones (excluding diaryl/α,β-unsaturated/α-hetero) is 3. The van der Waals surface area contributed by atoms with Crippen molar-refractivity contribution in [1.29, 1.82) is 0 Å². The summed E-state index contributed by atoms with van der Waals surface area (Å²) >= 11 is 0. The minimum Gasteiger partial charge on any atom is -0.478 e. The molecular weight excluding hydrogens is 488 g/mol. The number of carbonyl (C=O) groups excluding carboxylic acids is 3. The number of hydrogen-bond acceptors (Lipinski definition) is 7. The Kier molecular flexibility index (Phi) is 6.98. The van der Waals surface area contributed by atoms with Crippen LogP contribution in [-0.4, -0.2) is 62.6 Å². The van der Waals surface area contributed by atoms with Crippen molar-refractivity contribution in [2.45, 2.75) is 92.3 Å². The lowest BCUT2D eigenvalue weighted by Crippen LogP contribution is -2.65. The van der Waals surface area contributed by atoms with Crippen LogP contribution in [0, 0.1) is 39.4 Å². The highest BCUT2D eigenvalue weighted by atomic mass is 16.4. The highest BCUT2D eigenvalue weighted by Gasteiger charge is 2.73. The lowest BCUT2D eigenvalue weighted by molar-refractivity contribution is -0.163. The lowest BCUT2D eigenvalue weighted by Gasteiger charge is -2.61. The van der Waals surface area contributed by atoms with Gasteiger partial charge in [-0.3, -0.25) is 14.4 Å². The molecule has 0 bridgehead atoms. The van der Waals surface area contributed by atoms with Crippen molar-refractivity contribution in [3.8, 4) is 0 Å². The first-order chi connectivity index (χ1) is 17.5. The van der Waals surface area contributed by atoms with Crippen LogP contribution < -0.4 is 0 Å². The molecule has 8 heteroatoms. The van der Waals surface area contributed by atoms with Crippen LogP contribution in [0.15, 0.2) is 22.8 Å². The van der Waals surface area contributed by atoms with Crippen molar-refractivity contribution in [2.75, 3.05) is 6.61 Å². The third-order valence-corrected chi connectivity index (χ3v) is 11.6. The lowest BCUT2D eigenvalue weighted by atomic mass is 9.42. The average Bonchev–Trinajstić information content (AvgIpc) is 3.08. The number of aliphatic carboxylic acids is 1. The first-order valence-electron chi connectivity index (χ1n) is 13.8. The van der Waals surface area contributed by atoms with E-state index in [0.717, 1.165) is 0 Å². The van der Waals surface area contributed by atoms with Gasteiger partial charge in [0.25, 0.3) is 0 Å². The monoisotopic (exact) mass is 530 g/mol. The van der Waals surface area contributed by atoms with Gasteiger partial charge in [0.2, 0.25) is 0 Å². The molecule has 4 N–H and O–H groups in total. The van der Waals surface area contributed by atoms with Gasteiger partial charge in [-0.1, -0.05) is 33.8 Å². The van der Waals surface area contributed by atoms with Gasteiger partial charge in [0, 0.05) is 45.8 Å². The topological polar surface area (TPSA) is 149 Å². The van der Waals surface area contributed by atoms with Crippen LogP contribution in [0.25, 0.3) is 0 Å². The summed E-state index contributed by atoms with van der Waals surface area (Å²) < 4.78 is 0. The van der Waals surface area contributed by atoms with Crippen molar-refractivity contribution in [3.63, 3.8) is 0 Å². The average molecular weight is 531 g/mol. The van der Waals surface area contributed by atoms with E-state index < -0.39 is 51.5 Å². The molecule has 0 unspecified atom stereocenters. The predicted molar refractivity (Wildman–Crippen MR) is 139 cm³/mol. The molecule has 4 rings (SSSR count). The predicted octanol–water partition coefficient (Wildman–Crippen LogP) is 3.02. The first kappa shape index (κ1) is 28.8. The summed E-state index contributed by atoms with van der Waals surface area (Å²) in [4.78, 5) is 53.1. The minimum absolute atomic E-state index is 0.0191. The summed E-state index contributed by atoms with van der Waals surface area (Å²) in [5.41, 5.74) is -3.72. The Morgan fingerprint density at radius 3 is 2.29 bits per heavy atom. The Balaban J connectivity index is 1.82. The molecule has 0 amide bonds. The van der Waals surface area contributed by atoms with Crippen molar-refractivity contribution in [1.82, 2.24) is 0 Å². The molecular formula is C30H42O8. The van der Waals surface area contributed by atoms with Crippen LogP contribution in [0.5, 0.6) is 0 Å². The Bertz CT molecular complexity index is 1150. The number of aliphatic hydroxyl groups is 3. The van der Waals surface area contributed by atoms with E-state index in [4.69, 9.17) is 5.11 Å². The van der Waals surface area contributed by atoms with Gasteiger partial charge in [-0.2, -0.15) is 0 Å². The third kappa shape index (κ3) is 3.52. The summed E-state index contributed by atoms with van der Waals surface area (Å²) in [5.74, 6) is -2.98. The van der Waals surface area contributed by atoms with Gasteiger partial charge in [0.1, 0.15) is 11.9 Å². The van der Waals surface area contributed by atoms with Crippen molar-refractivity contribution < 1.29 is 39.6 Å². The molecule has 9 atom stereocenters.